The number of halogens is 1. The number of rotatable bonds is 3. The quantitative estimate of drug-likeness (QED) is 0.829. The third-order valence-corrected chi connectivity index (χ3v) is 4.32. The molecule has 1 unspecified atom stereocenters. The molecule has 0 radical (unpaired) electrons. The molecule has 1 atom stereocenters. The van der Waals surface area contributed by atoms with Crippen molar-refractivity contribution in [2.45, 2.75) is 24.5 Å². The fraction of sp³-hybridized carbons (Fsp3) is 0.600. The summed E-state index contributed by atoms with van der Waals surface area (Å²) >= 11 is 7.81. The van der Waals surface area contributed by atoms with Crippen molar-refractivity contribution in [2.75, 3.05) is 17.6 Å². The lowest BCUT2D eigenvalue weighted by Gasteiger charge is -2.23. The predicted octanol–water partition coefficient (Wildman–Crippen LogP) is 2.83. The van der Waals surface area contributed by atoms with E-state index in [1.165, 1.54) is 24.9 Å². The lowest BCUT2D eigenvalue weighted by molar-refractivity contribution is 0.633. The first kappa shape index (κ1) is 11.0. The van der Waals surface area contributed by atoms with Crippen molar-refractivity contribution in [3.8, 4) is 0 Å². The summed E-state index contributed by atoms with van der Waals surface area (Å²) in [6.45, 7) is 3.23. The second-order valence-corrected chi connectivity index (χ2v) is 6.05. The van der Waals surface area contributed by atoms with Crippen LogP contribution in [0, 0.1) is 0 Å². The molecule has 0 aromatic carbocycles. The van der Waals surface area contributed by atoms with Gasteiger partial charge in [0.1, 0.15) is 17.3 Å². The number of nitrogens with one attached hydrogen (secondary N) is 1. The predicted molar refractivity (Wildman–Crippen MR) is 65.6 cm³/mol. The molecule has 0 bridgehead atoms. The van der Waals surface area contributed by atoms with Crippen LogP contribution in [0.1, 0.15) is 19.8 Å². The summed E-state index contributed by atoms with van der Waals surface area (Å²) in [7, 11) is 0. The fourth-order valence-electron chi connectivity index (χ4n) is 1.68. The summed E-state index contributed by atoms with van der Waals surface area (Å²) in [5.41, 5.74) is 0. The van der Waals surface area contributed by atoms with Crippen molar-refractivity contribution in [1.82, 2.24) is 9.97 Å². The monoisotopic (exact) mass is 243 g/mol. The molecule has 0 saturated carbocycles. The maximum Gasteiger partial charge on any atom is 0.134 e. The third kappa shape index (κ3) is 2.98. The number of nitrogens with zero attached hydrogens (tertiary/aromatic N) is 2. The molecule has 0 aliphatic carbocycles. The van der Waals surface area contributed by atoms with Crippen LogP contribution in [0.2, 0.25) is 5.15 Å². The van der Waals surface area contributed by atoms with Crippen LogP contribution in [0.4, 0.5) is 5.82 Å². The zero-order valence-electron chi connectivity index (χ0n) is 8.66. The van der Waals surface area contributed by atoms with Crippen molar-refractivity contribution < 1.29 is 0 Å². The lowest BCUT2D eigenvalue weighted by atomic mass is 10.1. The Bertz CT molecular complexity index is 339. The minimum absolute atomic E-state index is 0.345. The Morgan fingerprint density at radius 3 is 3.13 bits per heavy atom. The maximum absolute atomic E-state index is 5.78. The van der Waals surface area contributed by atoms with Gasteiger partial charge in [-0.15, -0.1) is 0 Å². The first-order valence-electron chi connectivity index (χ1n) is 5.03. The summed E-state index contributed by atoms with van der Waals surface area (Å²) in [6, 6.07) is 1.75. The van der Waals surface area contributed by atoms with Gasteiger partial charge in [-0.05, 0) is 25.5 Å². The average molecular weight is 244 g/mol. The standard InChI is InChI=1S/C10H14ClN3S/c1-10(3-2-4-15-10)6-12-9-5-8(11)13-7-14-9/h5,7H,2-4,6H2,1H3,(H,12,13,14). The Hall–Kier alpha value is -0.480. The molecule has 0 amide bonds. The Morgan fingerprint density at radius 2 is 2.47 bits per heavy atom. The van der Waals surface area contributed by atoms with E-state index < -0.39 is 0 Å². The van der Waals surface area contributed by atoms with E-state index in [0.717, 1.165) is 12.4 Å². The van der Waals surface area contributed by atoms with Gasteiger partial charge in [0.2, 0.25) is 0 Å². The first-order chi connectivity index (χ1) is 7.18. The Balaban J connectivity index is 1.92. The largest absolute Gasteiger partial charge is 0.369 e. The lowest BCUT2D eigenvalue weighted by Crippen LogP contribution is -2.27. The highest BCUT2D eigenvalue weighted by Gasteiger charge is 2.29. The highest BCUT2D eigenvalue weighted by molar-refractivity contribution is 8.00. The molecule has 1 N–H and O–H groups in total. The summed E-state index contributed by atoms with van der Waals surface area (Å²) in [6.07, 6.45) is 4.06. The molecule has 82 valence electrons. The average Bonchev–Trinajstić information content (AvgIpc) is 2.63. The van der Waals surface area contributed by atoms with E-state index in [0.29, 0.717) is 9.90 Å². The van der Waals surface area contributed by atoms with Gasteiger partial charge in [0.25, 0.3) is 0 Å². The van der Waals surface area contributed by atoms with Gasteiger partial charge in [0.05, 0.1) is 0 Å². The molecule has 3 nitrogen and oxygen atoms in total. The molecule has 2 rings (SSSR count). The normalized spacial score (nSPS) is 25.5. The van der Waals surface area contributed by atoms with Gasteiger partial charge in [-0.1, -0.05) is 11.6 Å². The summed E-state index contributed by atoms with van der Waals surface area (Å²) in [5, 5.41) is 3.79. The van der Waals surface area contributed by atoms with Crippen molar-refractivity contribution in [3.63, 3.8) is 0 Å². The van der Waals surface area contributed by atoms with Crippen LogP contribution in [0.5, 0.6) is 0 Å². The second kappa shape index (κ2) is 4.58. The highest BCUT2D eigenvalue weighted by Crippen LogP contribution is 2.37. The van der Waals surface area contributed by atoms with Gasteiger partial charge in [0, 0.05) is 17.4 Å². The van der Waals surface area contributed by atoms with Crippen molar-refractivity contribution in [1.29, 1.82) is 0 Å². The van der Waals surface area contributed by atoms with Crippen molar-refractivity contribution in [3.05, 3.63) is 17.5 Å². The Morgan fingerprint density at radius 1 is 1.60 bits per heavy atom. The SMILES string of the molecule is CC1(CNc2cc(Cl)ncn2)CCCS1. The van der Waals surface area contributed by atoms with E-state index in [-0.39, 0.29) is 0 Å². The molecule has 0 spiro atoms. The van der Waals surface area contributed by atoms with Crippen LogP contribution in [-0.2, 0) is 0 Å². The van der Waals surface area contributed by atoms with Crippen LogP contribution >= 0.6 is 23.4 Å². The van der Waals surface area contributed by atoms with E-state index in [9.17, 15) is 0 Å². The number of anilines is 1. The van der Waals surface area contributed by atoms with Crippen LogP contribution < -0.4 is 5.32 Å². The molecule has 1 aromatic heterocycles. The molecule has 1 fully saturated rings. The van der Waals surface area contributed by atoms with Gasteiger partial charge in [0.15, 0.2) is 0 Å². The number of hydrogen-bond donors (Lipinski definition) is 1. The van der Waals surface area contributed by atoms with Crippen LogP contribution in [0.25, 0.3) is 0 Å². The van der Waals surface area contributed by atoms with Gasteiger partial charge in [-0.3, -0.25) is 0 Å². The number of thioether (sulfide) groups is 1. The molecule has 1 saturated heterocycles. The molecule has 5 heteroatoms. The minimum atomic E-state index is 0.345. The molecule has 1 aliphatic heterocycles. The van der Waals surface area contributed by atoms with Crippen molar-refractivity contribution in [2.24, 2.45) is 0 Å². The van der Waals surface area contributed by atoms with Gasteiger partial charge >= 0.3 is 0 Å². The molecular weight excluding hydrogens is 230 g/mol. The summed E-state index contributed by atoms with van der Waals surface area (Å²) < 4.78 is 0.345. The smallest absolute Gasteiger partial charge is 0.134 e. The van der Waals surface area contributed by atoms with E-state index in [4.69, 9.17) is 11.6 Å². The Labute approximate surface area is 99.0 Å². The minimum Gasteiger partial charge on any atom is -0.369 e. The van der Waals surface area contributed by atoms with Crippen LogP contribution in [0.15, 0.2) is 12.4 Å². The third-order valence-electron chi connectivity index (χ3n) is 2.58. The zero-order valence-corrected chi connectivity index (χ0v) is 10.2. The highest BCUT2D eigenvalue weighted by atomic mass is 35.5. The van der Waals surface area contributed by atoms with E-state index >= 15 is 0 Å². The fourth-order valence-corrected chi connectivity index (χ4v) is 3.08. The molecule has 1 aliphatic rings. The van der Waals surface area contributed by atoms with Crippen LogP contribution in [0.3, 0.4) is 0 Å². The Kier molecular flexibility index (Phi) is 3.36. The van der Waals surface area contributed by atoms with Gasteiger partial charge in [-0.2, -0.15) is 11.8 Å². The molecule has 2 heterocycles. The van der Waals surface area contributed by atoms with Gasteiger partial charge in [-0.25, -0.2) is 9.97 Å². The summed E-state index contributed by atoms with van der Waals surface area (Å²) in [4.78, 5) is 7.96. The molecule has 1 aromatic rings. The van der Waals surface area contributed by atoms with Gasteiger partial charge < -0.3 is 5.32 Å². The second-order valence-electron chi connectivity index (χ2n) is 3.98. The summed E-state index contributed by atoms with van der Waals surface area (Å²) in [5.74, 6) is 2.08. The van der Waals surface area contributed by atoms with E-state index in [2.05, 4.69) is 22.2 Å². The van der Waals surface area contributed by atoms with Crippen molar-refractivity contribution >= 4 is 29.2 Å². The molecular formula is C10H14ClN3S. The maximum atomic E-state index is 5.78. The first-order valence-corrected chi connectivity index (χ1v) is 6.40. The number of aromatic nitrogens is 2. The van der Waals surface area contributed by atoms with Crippen LogP contribution in [-0.4, -0.2) is 27.0 Å². The number of hydrogen-bond acceptors (Lipinski definition) is 4. The molecule has 15 heavy (non-hydrogen) atoms. The topological polar surface area (TPSA) is 37.8 Å². The van der Waals surface area contributed by atoms with E-state index in [1.807, 2.05) is 11.8 Å². The van der Waals surface area contributed by atoms with E-state index in [1.54, 1.807) is 6.07 Å². The zero-order chi connectivity index (χ0) is 10.7.